The van der Waals surface area contributed by atoms with Crippen LogP contribution in [0.2, 0.25) is 0 Å². The van der Waals surface area contributed by atoms with Crippen molar-refractivity contribution < 1.29 is 36.2 Å². The van der Waals surface area contributed by atoms with E-state index in [1.165, 1.54) is 54.6 Å². The Morgan fingerprint density at radius 2 is 1.54 bits per heavy atom. The molecule has 11 heteroatoms. The van der Waals surface area contributed by atoms with Gasteiger partial charge in [-0.15, -0.1) is 0 Å². The van der Waals surface area contributed by atoms with Crippen LogP contribution in [0.25, 0.3) is 0 Å². The average Bonchev–Trinajstić information content (AvgIpc) is 2.86. The molecule has 0 bridgehead atoms. The first kappa shape index (κ1) is 24.3. The van der Waals surface area contributed by atoms with Gasteiger partial charge in [-0.3, -0.25) is 9.10 Å². The number of rotatable bonds is 9. The normalized spacial score (nSPS) is 12.6. The van der Waals surface area contributed by atoms with Crippen molar-refractivity contribution in [1.29, 1.82) is 0 Å². The summed E-state index contributed by atoms with van der Waals surface area (Å²) < 4.78 is 70.6. The lowest BCUT2D eigenvalue weighted by atomic mass is 10.3. The molecule has 0 saturated carbocycles. The molecule has 1 aliphatic heterocycles. The number of amides is 1. The summed E-state index contributed by atoms with van der Waals surface area (Å²) >= 11 is 0. The smallest absolute Gasteiger partial charge is 0.264 e. The molecule has 0 atom stereocenters. The van der Waals surface area contributed by atoms with E-state index < -0.39 is 34.1 Å². The Morgan fingerprint density at radius 1 is 0.914 bits per heavy atom. The molecular formula is C24H22F2N2O6S. The van der Waals surface area contributed by atoms with E-state index in [9.17, 15) is 22.0 Å². The monoisotopic (exact) mass is 504 g/mol. The molecule has 0 aromatic heterocycles. The van der Waals surface area contributed by atoms with Crippen LogP contribution in [-0.2, 0) is 14.8 Å². The first-order valence-corrected chi connectivity index (χ1v) is 12.1. The molecule has 3 aromatic rings. The summed E-state index contributed by atoms with van der Waals surface area (Å²) in [6, 6.07) is 14.3. The molecule has 1 amide bonds. The highest BCUT2D eigenvalue weighted by atomic mass is 32.2. The molecule has 0 saturated heterocycles. The fourth-order valence-corrected chi connectivity index (χ4v) is 4.75. The first-order valence-electron chi connectivity index (χ1n) is 10.7. The second-order valence-electron chi connectivity index (χ2n) is 7.45. The fourth-order valence-electron chi connectivity index (χ4n) is 3.31. The van der Waals surface area contributed by atoms with Gasteiger partial charge in [-0.25, -0.2) is 17.2 Å². The Balaban J connectivity index is 1.48. The minimum atomic E-state index is -4.23. The van der Waals surface area contributed by atoms with Crippen molar-refractivity contribution >= 4 is 21.6 Å². The number of nitrogens with one attached hydrogen (secondary N) is 1. The molecule has 4 rings (SSSR count). The second-order valence-corrected chi connectivity index (χ2v) is 9.31. The Morgan fingerprint density at radius 3 is 2.23 bits per heavy atom. The third-order valence-corrected chi connectivity index (χ3v) is 6.78. The SMILES string of the molecule is O=C(CN(c1ccc(F)cc1)S(=O)(=O)c1ccc2c(c1)OCCO2)NCCOc1ccc(F)cc1. The van der Waals surface area contributed by atoms with Crippen LogP contribution >= 0.6 is 0 Å². The van der Waals surface area contributed by atoms with Crippen molar-refractivity contribution in [3.05, 3.63) is 78.4 Å². The summed E-state index contributed by atoms with van der Waals surface area (Å²) in [6.07, 6.45) is 0. The number of anilines is 1. The zero-order valence-corrected chi connectivity index (χ0v) is 19.3. The van der Waals surface area contributed by atoms with E-state index in [-0.39, 0.29) is 36.1 Å². The number of benzene rings is 3. The average molecular weight is 505 g/mol. The number of ether oxygens (including phenoxy) is 3. The minimum absolute atomic E-state index is 0.0809. The van der Waals surface area contributed by atoms with Gasteiger partial charge in [0.05, 0.1) is 17.1 Å². The molecule has 0 spiro atoms. The number of nitrogens with zero attached hydrogens (tertiary/aromatic N) is 1. The maximum atomic E-state index is 13.5. The Kier molecular flexibility index (Phi) is 7.35. The highest BCUT2D eigenvalue weighted by molar-refractivity contribution is 7.92. The maximum Gasteiger partial charge on any atom is 0.264 e. The van der Waals surface area contributed by atoms with E-state index in [0.29, 0.717) is 18.1 Å². The van der Waals surface area contributed by atoms with Gasteiger partial charge < -0.3 is 19.5 Å². The molecule has 3 aromatic carbocycles. The molecule has 0 unspecified atom stereocenters. The summed E-state index contributed by atoms with van der Waals surface area (Å²) in [6.45, 7) is 0.242. The van der Waals surface area contributed by atoms with Crippen molar-refractivity contribution in [2.75, 3.05) is 37.2 Å². The summed E-state index contributed by atoms with van der Waals surface area (Å²) in [4.78, 5) is 12.5. The van der Waals surface area contributed by atoms with E-state index in [1.54, 1.807) is 0 Å². The highest BCUT2D eigenvalue weighted by Gasteiger charge is 2.29. The number of fused-ring (bicyclic) bond motifs is 1. The zero-order chi connectivity index (χ0) is 24.8. The topological polar surface area (TPSA) is 94.2 Å². The molecule has 0 fully saturated rings. The van der Waals surface area contributed by atoms with Gasteiger partial charge in [0.25, 0.3) is 10.0 Å². The van der Waals surface area contributed by atoms with Gasteiger partial charge in [0, 0.05) is 6.07 Å². The lowest BCUT2D eigenvalue weighted by Crippen LogP contribution is -2.42. The number of hydrogen-bond donors (Lipinski definition) is 1. The minimum Gasteiger partial charge on any atom is -0.492 e. The molecule has 35 heavy (non-hydrogen) atoms. The van der Waals surface area contributed by atoms with E-state index >= 15 is 0 Å². The number of hydrogen-bond acceptors (Lipinski definition) is 6. The van der Waals surface area contributed by atoms with E-state index in [2.05, 4.69) is 5.32 Å². The van der Waals surface area contributed by atoms with Crippen LogP contribution in [0, 0.1) is 11.6 Å². The fraction of sp³-hybridized carbons (Fsp3) is 0.208. The molecular weight excluding hydrogens is 482 g/mol. The largest absolute Gasteiger partial charge is 0.492 e. The standard InChI is InChI=1S/C24H22F2N2O6S/c25-17-1-5-19(6-2-17)28(16-24(29)27-11-12-32-20-7-3-18(26)4-8-20)35(30,31)21-9-10-22-23(15-21)34-14-13-33-22/h1-10,15H,11-14,16H2,(H,27,29). The van der Waals surface area contributed by atoms with Crippen LogP contribution in [0.5, 0.6) is 17.2 Å². The van der Waals surface area contributed by atoms with Crippen LogP contribution in [0.3, 0.4) is 0 Å². The molecule has 1 N–H and O–H groups in total. The molecule has 184 valence electrons. The lowest BCUT2D eigenvalue weighted by molar-refractivity contribution is -0.119. The van der Waals surface area contributed by atoms with Gasteiger partial charge in [-0.05, 0) is 60.7 Å². The summed E-state index contributed by atoms with van der Waals surface area (Å²) in [5.41, 5.74) is 0.110. The van der Waals surface area contributed by atoms with Gasteiger partial charge in [0.2, 0.25) is 5.91 Å². The van der Waals surface area contributed by atoms with Crippen molar-refractivity contribution in [1.82, 2.24) is 5.32 Å². The van der Waals surface area contributed by atoms with Crippen LogP contribution in [0.15, 0.2) is 71.6 Å². The van der Waals surface area contributed by atoms with Crippen LogP contribution < -0.4 is 23.8 Å². The van der Waals surface area contributed by atoms with E-state index in [1.807, 2.05) is 0 Å². The van der Waals surface area contributed by atoms with Crippen molar-refractivity contribution in [2.45, 2.75) is 4.90 Å². The number of carbonyl (C=O) groups is 1. The summed E-state index contributed by atoms with van der Waals surface area (Å²) in [5, 5.41) is 2.59. The molecule has 0 aliphatic carbocycles. The van der Waals surface area contributed by atoms with Gasteiger partial charge in [0.1, 0.15) is 43.7 Å². The van der Waals surface area contributed by atoms with Gasteiger partial charge >= 0.3 is 0 Å². The van der Waals surface area contributed by atoms with Crippen LogP contribution in [0.4, 0.5) is 14.5 Å². The molecule has 1 heterocycles. The van der Waals surface area contributed by atoms with Crippen LogP contribution in [0.1, 0.15) is 0 Å². The third-order valence-electron chi connectivity index (χ3n) is 5.01. The van der Waals surface area contributed by atoms with Crippen molar-refractivity contribution in [2.24, 2.45) is 0 Å². The number of halogens is 2. The molecule has 1 aliphatic rings. The number of sulfonamides is 1. The Bertz CT molecular complexity index is 1280. The van der Waals surface area contributed by atoms with Crippen molar-refractivity contribution in [3.63, 3.8) is 0 Å². The molecule has 8 nitrogen and oxygen atoms in total. The summed E-state index contributed by atoms with van der Waals surface area (Å²) in [7, 11) is -4.23. The highest BCUT2D eigenvalue weighted by Crippen LogP contribution is 2.34. The number of carbonyl (C=O) groups excluding carboxylic acids is 1. The lowest BCUT2D eigenvalue weighted by Gasteiger charge is -2.25. The first-order chi connectivity index (χ1) is 16.8. The van der Waals surface area contributed by atoms with E-state index in [0.717, 1.165) is 16.4 Å². The predicted octanol–water partition coefficient (Wildman–Crippen LogP) is 3.13. The molecule has 0 radical (unpaired) electrons. The third kappa shape index (κ3) is 5.99. The van der Waals surface area contributed by atoms with Crippen molar-refractivity contribution in [3.8, 4) is 17.2 Å². The predicted molar refractivity (Wildman–Crippen MR) is 123 cm³/mol. The van der Waals surface area contributed by atoms with Gasteiger partial charge in [-0.1, -0.05) is 0 Å². The zero-order valence-electron chi connectivity index (χ0n) is 18.4. The Hall–Kier alpha value is -3.86. The van der Waals surface area contributed by atoms with Crippen LogP contribution in [-0.4, -0.2) is 47.2 Å². The summed E-state index contributed by atoms with van der Waals surface area (Å²) in [5.74, 6) is -0.423. The van der Waals surface area contributed by atoms with Gasteiger partial charge in [0.15, 0.2) is 11.5 Å². The maximum absolute atomic E-state index is 13.5. The Labute approximate surface area is 201 Å². The quantitative estimate of drug-likeness (QED) is 0.450. The second kappa shape index (κ2) is 10.6. The van der Waals surface area contributed by atoms with Gasteiger partial charge in [-0.2, -0.15) is 0 Å². The van der Waals surface area contributed by atoms with E-state index in [4.69, 9.17) is 14.2 Å².